The molecule has 43 heavy (non-hydrogen) atoms. The van der Waals surface area contributed by atoms with E-state index < -0.39 is 47.2 Å². The van der Waals surface area contributed by atoms with Crippen molar-refractivity contribution in [3.05, 3.63) is 110 Å². The number of benzene rings is 1. The van der Waals surface area contributed by atoms with E-state index in [2.05, 4.69) is 0 Å². The molecule has 0 unspecified atom stereocenters. The molecule has 2 aliphatic rings. The lowest BCUT2D eigenvalue weighted by atomic mass is 9.85. The molecule has 5 aromatic heterocycles. The Kier molecular flexibility index (Phi) is 5.29. The third-order valence-corrected chi connectivity index (χ3v) is 9.79. The van der Waals surface area contributed by atoms with Gasteiger partial charge in [0.15, 0.2) is 34.3 Å². The molecule has 216 valence electrons. The molecular formula is C29H14BF7N2O2S2. The minimum Gasteiger partial charge on any atom is -0.461 e. The highest BCUT2D eigenvalue weighted by Gasteiger charge is 2.55. The topological polar surface area (TPSA) is 34.2 Å². The van der Waals surface area contributed by atoms with Crippen LogP contribution in [0.15, 0.2) is 57.0 Å². The third kappa shape index (κ3) is 3.47. The second-order valence-electron chi connectivity index (χ2n) is 10.2. The first-order valence-electron chi connectivity index (χ1n) is 12.8. The Morgan fingerprint density at radius 2 is 1.33 bits per heavy atom. The number of hydrogen-bond donors (Lipinski definition) is 0. The first-order chi connectivity index (χ1) is 20.5. The van der Waals surface area contributed by atoms with Crippen LogP contribution in [-0.4, -0.2) is 11.4 Å². The Balaban J connectivity index is 1.48. The molecule has 0 saturated carbocycles. The van der Waals surface area contributed by atoms with Crippen LogP contribution in [0.25, 0.3) is 43.1 Å². The van der Waals surface area contributed by atoms with Gasteiger partial charge < -0.3 is 26.4 Å². The van der Waals surface area contributed by atoms with Gasteiger partial charge in [-0.25, -0.2) is 22.0 Å². The lowest BCUT2D eigenvalue weighted by molar-refractivity contribution is 0.376. The fourth-order valence-electron chi connectivity index (χ4n) is 5.78. The molecule has 1 aromatic carbocycles. The number of aromatic nitrogens is 1. The summed E-state index contributed by atoms with van der Waals surface area (Å²) in [6.45, 7) is -1.28. The molecule has 0 spiro atoms. The van der Waals surface area contributed by atoms with Gasteiger partial charge in [0.2, 0.25) is 5.82 Å². The van der Waals surface area contributed by atoms with E-state index in [-0.39, 0.29) is 22.3 Å². The fraction of sp³-hybridized carbons (Fsp3) is 0.0690. The maximum atomic E-state index is 16.8. The summed E-state index contributed by atoms with van der Waals surface area (Å²) in [5, 5.41) is 0.0139. The van der Waals surface area contributed by atoms with Crippen molar-refractivity contribution in [1.29, 1.82) is 0 Å². The lowest BCUT2D eigenvalue weighted by Crippen LogP contribution is -2.56. The summed E-state index contributed by atoms with van der Waals surface area (Å²) < 4.78 is 120. The number of aryl methyl sites for hydroxylation is 2. The summed E-state index contributed by atoms with van der Waals surface area (Å²) in [7, 11) is 0. The minimum absolute atomic E-state index is 0.0139. The summed E-state index contributed by atoms with van der Waals surface area (Å²) in [5.74, 6) is -8.83. The number of nitrogens with zero attached hydrogens (tertiary/aromatic N) is 2. The van der Waals surface area contributed by atoms with E-state index in [0.717, 1.165) is 22.7 Å². The summed E-state index contributed by atoms with van der Waals surface area (Å²) in [6.07, 6.45) is 1.28. The molecule has 14 heteroatoms. The number of rotatable bonds is 3. The van der Waals surface area contributed by atoms with Crippen molar-refractivity contribution < 1.29 is 39.4 Å². The van der Waals surface area contributed by atoms with Gasteiger partial charge in [-0.15, -0.1) is 22.7 Å². The Bertz CT molecular complexity index is 2340. The SMILES string of the molecule is Cc1ccc(-c2cc3c(s2)=CC2=C(c4c(F)c(F)c(F)c(F)c4F)c4cc5sc(-c6ccc(C)o6)cc5n4[B-](F)(F)[N+]=32)o1. The van der Waals surface area contributed by atoms with E-state index in [4.69, 9.17) is 8.83 Å². The zero-order valence-electron chi connectivity index (χ0n) is 21.9. The van der Waals surface area contributed by atoms with E-state index in [1.165, 1.54) is 24.3 Å². The molecule has 0 radical (unpaired) electrons. The van der Waals surface area contributed by atoms with Crippen molar-refractivity contribution in [1.82, 2.24) is 8.96 Å². The lowest BCUT2D eigenvalue weighted by Gasteiger charge is -2.31. The van der Waals surface area contributed by atoms with Crippen LogP contribution in [0.5, 0.6) is 0 Å². The average Bonchev–Trinajstić information content (AvgIpc) is 3.77. The van der Waals surface area contributed by atoms with Crippen molar-refractivity contribution in [3.8, 4) is 21.3 Å². The number of allylic oxidation sites excluding steroid dienone is 1. The second kappa shape index (κ2) is 8.63. The summed E-state index contributed by atoms with van der Waals surface area (Å²) in [6, 6.07) is 11.0. The molecule has 2 aliphatic heterocycles. The third-order valence-electron chi connectivity index (χ3n) is 7.61. The predicted octanol–water partition coefficient (Wildman–Crippen LogP) is 7.58. The summed E-state index contributed by atoms with van der Waals surface area (Å²) >= 11 is 2.19. The minimum atomic E-state index is -4.74. The zero-order chi connectivity index (χ0) is 30.1. The number of fused-ring (bicyclic) bond motifs is 5. The molecule has 7 heterocycles. The van der Waals surface area contributed by atoms with E-state index in [0.29, 0.717) is 51.0 Å². The van der Waals surface area contributed by atoms with Gasteiger partial charge in [-0.2, -0.15) is 0 Å². The van der Waals surface area contributed by atoms with Gasteiger partial charge in [-0.1, -0.05) is 0 Å². The van der Waals surface area contributed by atoms with Crippen molar-refractivity contribution in [2.45, 2.75) is 13.8 Å². The van der Waals surface area contributed by atoms with Gasteiger partial charge in [0, 0.05) is 23.4 Å². The van der Waals surface area contributed by atoms with Gasteiger partial charge in [-0.05, 0) is 50.2 Å². The van der Waals surface area contributed by atoms with Crippen LogP contribution in [0.4, 0.5) is 30.6 Å². The monoisotopic (exact) mass is 630 g/mol. The smallest absolute Gasteiger partial charge is 0.461 e. The Labute approximate surface area is 244 Å². The van der Waals surface area contributed by atoms with Gasteiger partial charge >= 0.3 is 6.97 Å². The van der Waals surface area contributed by atoms with Crippen LogP contribution in [0.1, 0.15) is 22.8 Å². The van der Waals surface area contributed by atoms with Gasteiger partial charge in [0.25, 0.3) is 0 Å². The van der Waals surface area contributed by atoms with Crippen molar-refractivity contribution in [2.24, 2.45) is 0 Å². The summed E-state index contributed by atoms with van der Waals surface area (Å²) in [4.78, 5) is 1.04. The standard InChI is InChI=1S/C29H14BF7N2O2S2/c1-11-3-5-17(40-11)21-7-13-19(42-21)9-15-23(24-25(31)27(33)29(35)28(34)26(24)32)16-10-20-14(39(16)30(36,37)38(13)15)8-22(43-20)18-6-4-12(2)41-18/h3-10H,1-2H3. The van der Waals surface area contributed by atoms with Crippen LogP contribution >= 0.6 is 22.7 Å². The largest absolute Gasteiger partial charge is 0.738 e. The normalized spacial score (nSPS) is 15.3. The molecular weight excluding hydrogens is 616 g/mol. The van der Waals surface area contributed by atoms with Gasteiger partial charge in [0.1, 0.15) is 27.6 Å². The van der Waals surface area contributed by atoms with Gasteiger partial charge in [-0.3, -0.25) is 0 Å². The highest BCUT2D eigenvalue weighted by atomic mass is 32.1. The number of furan rings is 2. The van der Waals surface area contributed by atoms with Crippen LogP contribution < -0.4 is 14.4 Å². The fourth-order valence-corrected chi connectivity index (χ4v) is 7.88. The molecule has 0 amide bonds. The average molecular weight is 630 g/mol. The molecule has 4 nitrogen and oxygen atoms in total. The van der Waals surface area contributed by atoms with Crippen LogP contribution in [0, 0.1) is 42.9 Å². The van der Waals surface area contributed by atoms with E-state index in [9.17, 15) is 13.2 Å². The highest BCUT2D eigenvalue weighted by Crippen LogP contribution is 2.46. The molecule has 0 saturated heterocycles. The highest BCUT2D eigenvalue weighted by molar-refractivity contribution is 7.22. The molecule has 0 bridgehead atoms. The molecule has 8 rings (SSSR count). The summed E-state index contributed by atoms with van der Waals surface area (Å²) in [5.41, 5.74) is -2.57. The predicted molar refractivity (Wildman–Crippen MR) is 150 cm³/mol. The van der Waals surface area contributed by atoms with Crippen molar-refractivity contribution in [3.63, 3.8) is 0 Å². The Hall–Kier alpha value is -4.30. The van der Waals surface area contributed by atoms with Crippen LogP contribution in [-0.2, 0) is 0 Å². The Morgan fingerprint density at radius 1 is 0.744 bits per heavy atom. The van der Waals surface area contributed by atoms with Crippen LogP contribution in [0.3, 0.4) is 0 Å². The maximum Gasteiger partial charge on any atom is 0.738 e. The van der Waals surface area contributed by atoms with Crippen LogP contribution in [0.2, 0.25) is 0 Å². The van der Waals surface area contributed by atoms with E-state index in [1.54, 1.807) is 38.1 Å². The van der Waals surface area contributed by atoms with Crippen molar-refractivity contribution >= 4 is 51.5 Å². The quantitative estimate of drug-likeness (QED) is 0.0875. The number of halogens is 7. The zero-order valence-corrected chi connectivity index (χ0v) is 23.5. The Morgan fingerprint density at radius 3 is 1.91 bits per heavy atom. The van der Waals surface area contributed by atoms with E-state index >= 15 is 17.4 Å². The first-order valence-corrected chi connectivity index (χ1v) is 14.4. The molecule has 0 atom stereocenters. The molecule has 0 N–H and O–H groups in total. The maximum absolute atomic E-state index is 16.8. The molecule has 0 aliphatic carbocycles. The second-order valence-corrected chi connectivity index (χ2v) is 12.4. The van der Waals surface area contributed by atoms with Gasteiger partial charge in [0.05, 0.1) is 25.6 Å². The van der Waals surface area contributed by atoms with E-state index in [1.807, 2.05) is 0 Å². The molecule has 0 fully saturated rings. The number of thiophene rings is 2. The van der Waals surface area contributed by atoms with Crippen molar-refractivity contribution in [2.75, 3.05) is 0 Å². The first kappa shape index (κ1) is 26.3. The number of hydrogen-bond acceptors (Lipinski definition) is 4. The molecule has 6 aromatic rings.